The molecule has 0 saturated carbocycles. The van der Waals surface area contributed by atoms with E-state index >= 15 is 0 Å². The Kier molecular flexibility index (Phi) is 6.41. The molecular weight excluding hydrogens is 214 g/mol. The summed E-state index contributed by atoms with van der Waals surface area (Å²) < 4.78 is 0. The van der Waals surface area contributed by atoms with Crippen LogP contribution in [0.4, 0.5) is 0 Å². The Morgan fingerprint density at radius 2 is 1.71 bits per heavy atom. The fourth-order valence-electron chi connectivity index (χ4n) is 0.926. The predicted molar refractivity (Wildman–Crippen MR) is 71.5 cm³/mol. The van der Waals surface area contributed by atoms with E-state index in [1.54, 1.807) is 0 Å². The summed E-state index contributed by atoms with van der Waals surface area (Å²) in [6, 6.07) is 8.28. The second kappa shape index (κ2) is 7.28. The fraction of sp³-hybridized carbons (Fsp3) is 0.214. The molecule has 92 valence electrons. The van der Waals surface area contributed by atoms with E-state index in [2.05, 4.69) is 37.8 Å². The SMILES string of the molecule is C=C(C)C(=O)O.CC(N)=Cc1ccc(C)cc1. The molecule has 0 heterocycles. The number of carboxylic acids is 1. The summed E-state index contributed by atoms with van der Waals surface area (Å²) in [4.78, 5) is 9.60. The standard InChI is InChI=1S/C10H13N.C4H6O2/c1-8-3-5-10(6-4-8)7-9(2)11;1-3(2)4(5)6/h3-7H,11H2,1-2H3;1H2,2H3,(H,5,6). The summed E-state index contributed by atoms with van der Waals surface area (Å²) >= 11 is 0. The molecule has 0 bridgehead atoms. The summed E-state index contributed by atoms with van der Waals surface area (Å²) in [6.07, 6.45) is 1.96. The summed E-state index contributed by atoms with van der Waals surface area (Å²) in [5.41, 5.74) is 8.98. The highest BCUT2D eigenvalue weighted by atomic mass is 16.4. The van der Waals surface area contributed by atoms with Gasteiger partial charge in [-0.05, 0) is 32.4 Å². The summed E-state index contributed by atoms with van der Waals surface area (Å²) in [5.74, 6) is -0.935. The van der Waals surface area contributed by atoms with Gasteiger partial charge in [0.25, 0.3) is 0 Å². The Bertz CT molecular complexity index is 400. The molecule has 0 amide bonds. The fourth-order valence-corrected chi connectivity index (χ4v) is 0.926. The minimum Gasteiger partial charge on any atom is -0.478 e. The molecule has 17 heavy (non-hydrogen) atoms. The van der Waals surface area contributed by atoms with E-state index in [4.69, 9.17) is 10.8 Å². The molecule has 0 fully saturated rings. The molecule has 1 aromatic carbocycles. The summed E-state index contributed by atoms with van der Waals surface area (Å²) in [6.45, 7) is 8.56. The van der Waals surface area contributed by atoms with Crippen molar-refractivity contribution in [2.45, 2.75) is 20.8 Å². The molecule has 1 aromatic rings. The Morgan fingerprint density at radius 1 is 1.29 bits per heavy atom. The third-order valence-electron chi connectivity index (χ3n) is 1.84. The van der Waals surface area contributed by atoms with Gasteiger partial charge in [0.15, 0.2) is 0 Å². The van der Waals surface area contributed by atoms with Gasteiger partial charge >= 0.3 is 5.97 Å². The van der Waals surface area contributed by atoms with Crippen LogP contribution in [0, 0.1) is 6.92 Å². The van der Waals surface area contributed by atoms with Crippen LogP contribution in [-0.2, 0) is 4.79 Å². The van der Waals surface area contributed by atoms with Crippen LogP contribution in [0.5, 0.6) is 0 Å². The van der Waals surface area contributed by atoms with E-state index in [1.165, 1.54) is 12.5 Å². The Morgan fingerprint density at radius 3 is 2.00 bits per heavy atom. The third kappa shape index (κ3) is 7.85. The first-order valence-electron chi connectivity index (χ1n) is 5.22. The number of nitrogens with two attached hydrogens (primary N) is 1. The third-order valence-corrected chi connectivity index (χ3v) is 1.84. The van der Waals surface area contributed by atoms with Crippen molar-refractivity contribution in [2.75, 3.05) is 0 Å². The van der Waals surface area contributed by atoms with Crippen LogP contribution in [0.2, 0.25) is 0 Å². The van der Waals surface area contributed by atoms with Gasteiger partial charge in [-0.2, -0.15) is 0 Å². The smallest absolute Gasteiger partial charge is 0.330 e. The van der Waals surface area contributed by atoms with Gasteiger partial charge in [-0.25, -0.2) is 4.79 Å². The average Bonchev–Trinajstić information content (AvgIpc) is 2.21. The van der Waals surface area contributed by atoms with Crippen molar-refractivity contribution in [1.82, 2.24) is 0 Å². The molecule has 0 saturated heterocycles. The highest BCUT2D eigenvalue weighted by molar-refractivity contribution is 5.84. The first-order chi connectivity index (χ1) is 7.82. The number of carbonyl (C=O) groups is 1. The van der Waals surface area contributed by atoms with E-state index < -0.39 is 5.97 Å². The van der Waals surface area contributed by atoms with Crippen LogP contribution in [0.15, 0.2) is 42.1 Å². The van der Waals surface area contributed by atoms with Crippen LogP contribution in [-0.4, -0.2) is 11.1 Å². The molecule has 0 atom stereocenters. The number of hydrogen-bond donors (Lipinski definition) is 2. The van der Waals surface area contributed by atoms with Crippen molar-refractivity contribution < 1.29 is 9.90 Å². The number of benzene rings is 1. The highest BCUT2D eigenvalue weighted by Gasteiger charge is 1.90. The topological polar surface area (TPSA) is 63.3 Å². The van der Waals surface area contributed by atoms with Crippen LogP contribution < -0.4 is 5.73 Å². The van der Waals surface area contributed by atoms with Crippen molar-refractivity contribution in [2.24, 2.45) is 5.73 Å². The maximum atomic E-state index is 9.60. The molecule has 3 heteroatoms. The molecular formula is C14H19NO2. The maximum absolute atomic E-state index is 9.60. The lowest BCUT2D eigenvalue weighted by Crippen LogP contribution is -1.92. The lowest BCUT2D eigenvalue weighted by Gasteiger charge is -1.95. The normalized spacial score (nSPS) is 10.2. The molecule has 0 aliphatic heterocycles. The quantitative estimate of drug-likeness (QED) is 0.772. The second-order valence-corrected chi connectivity index (χ2v) is 3.88. The zero-order valence-corrected chi connectivity index (χ0v) is 10.5. The first kappa shape index (κ1) is 15.0. The van der Waals surface area contributed by atoms with E-state index in [9.17, 15) is 4.79 Å². The van der Waals surface area contributed by atoms with Crippen molar-refractivity contribution in [3.8, 4) is 0 Å². The molecule has 1 rings (SSSR count). The molecule has 0 aromatic heterocycles. The lowest BCUT2D eigenvalue weighted by atomic mass is 10.1. The van der Waals surface area contributed by atoms with Crippen LogP contribution in [0.3, 0.4) is 0 Å². The zero-order valence-electron chi connectivity index (χ0n) is 10.5. The summed E-state index contributed by atoms with van der Waals surface area (Å²) in [5, 5.41) is 7.89. The molecule has 3 nitrogen and oxygen atoms in total. The highest BCUT2D eigenvalue weighted by Crippen LogP contribution is 2.05. The number of aliphatic carboxylic acids is 1. The molecule has 0 aliphatic carbocycles. The molecule has 3 N–H and O–H groups in total. The molecule has 0 aliphatic rings. The maximum Gasteiger partial charge on any atom is 0.330 e. The van der Waals surface area contributed by atoms with Gasteiger partial charge < -0.3 is 10.8 Å². The van der Waals surface area contributed by atoms with E-state index in [0.717, 1.165) is 11.3 Å². The van der Waals surface area contributed by atoms with Gasteiger partial charge in [-0.1, -0.05) is 36.4 Å². The van der Waals surface area contributed by atoms with Crippen molar-refractivity contribution in [1.29, 1.82) is 0 Å². The number of carboxylic acid groups (broad SMARTS) is 1. The second-order valence-electron chi connectivity index (χ2n) is 3.88. The Hall–Kier alpha value is -2.03. The Balaban J connectivity index is 0.000000366. The molecule has 0 unspecified atom stereocenters. The van der Waals surface area contributed by atoms with Crippen molar-refractivity contribution in [3.05, 3.63) is 53.2 Å². The van der Waals surface area contributed by atoms with E-state index in [0.29, 0.717) is 0 Å². The number of hydrogen-bond acceptors (Lipinski definition) is 2. The van der Waals surface area contributed by atoms with Gasteiger partial charge in [0.1, 0.15) is 0 Å². The van der Waals surface area contributed by atoms with Gasteiger partial charge in [0.2, 0.25) is 0 Å². The predicted octanol–water partition coefficient (Wildman–Crippen LogP) is 2.96. The minimum atomic E-state index is -0.935. The molecule has 0 radical (unpaired) electrons. The minimum absolute atomic E-state index is 0.176. The molecule has 0 spiro atoms. The van der Waals surface area contributed by atoms with Crippen molar-refractivity contribution >= 4 is 12.0 Å². The van der Waals surface area contributed by atoms with Crippen LogP contribution >= 0.6 is 0 Å². The van der Waals surface area contributed by atoms with E-state index in [-0.39, 0.29) is 5.57 Å². The van der Waals surface area contributed by atoms with Crippen molar-refractivity contribution in [3.63, 3.8) is 0 Å². The number of allylic oxidation sites excluding steroid dienone is 1. The zero-order chi connectivity index (χ0) is 13.4. The lowest BCUT2D eigenvalue weighted by molar-refractivity contribution is -0.132. The van der Waals surface area contributed by atoms with Crippen LogP contribution in [0.1, 0.15) is 25.0 Å². The summed E-state index contributed by atoms with van der Waals surface area (Å²) in [7, 11) is 0. The van der Waals surface area contributed by atoms with Gasteiger partial charge in [0.05, 0.1) is 0 Å². The number of aryl methyl sites for hydroxylation is 1. The Labute approximate surface area is 102 Å². The van der Waals surface area contributed by atoms with Gasteiger partial charge in [0, 0.05) is 11.3 Å². The monoisotopic (exact) mass is 233 g/mol. The van der Waals surface area contributed by atoms with Gasteiger partial charge in [-0.3, -0.25) is 0 Å². The first-order valence-corrected chi connectivity index (χ1v) is 5.22. The largest absolute Gasteiger partial charge is 0.478 e. The van der Waals surface area contributed by atoms with Gasteiger partial charge in [-0.15, -0.1) is 0 Å². The van der Waals surface area contributed by atoms with Crippen LogP contribution in [0.25, 0.3) is 6.08 Å². The van der Waals surface area contributed by atoms with E-state index in [1.807, 2.05) is 13.0 Å². The number of rotatable bonds is 2. The average molecular weight is 233 g/mol.